The highest BCUT2D eigenvalue weighted by Gasteiger charge is 2.09. The van der Waals surface area contributed by atoms with Crippen LogP contribution >= 0.6 is 0 Å². The molecular weight excluding hydrogens is 264 g/mol. The molecule has 0 unspecified atom stereocenters. The van der Waals surface area contributed by atoms with Gasteiger partial charge in [-0.05, 0) is 29.1 Å². The van der Waals surface area contributed by atoms with Crippen LogP contribution in [0.1, 0.15) is 16.1 Å². The highest BCUT2D eigenvalue weighted by molar-refractivity contribution is 6.08. The third-order valence-corrected chi connectivity index (χ3v) is 3.22. The molecule has 0 saturated heterocycles. The fraction of sp³-hybridized carbons (Fsp3) is 0.0625. The first-order valence-electron chi connectivity index (χ1n) is 6.57. The highest BCUT2D eigenvalue weighted by atomic mass is 16.1. The van der Waals surface area contributed by atoms with Gasteiger partial charge >= 0.3 is 0 Å². The van der Waals surface area contributed by atoms with Gasteiger partial charge < -0.3 is 11.1 Å². The van der Waals surface area contributed by atoms with Gasteiger partial charge in [0, 0.05) is 30.5 Å². The van der Waals surface area contributed by atoms with Gasteiger partial charge in [0.2, 0.25) is 0 Å². The van der Waals surface area contributed by atoms with Crippen molar-refractivity contribution in [2.75, 3.05) is 5.32 Å². The van der Waals surface area contributed by atoms with Crippen LogP contribution in [-0.2, 0) is 6.54 Å². The summed E-state index contributed by atoms with van der Waals surface area (Å²) in [7, 11) is 0. The number of anilines is 1. The van der Waals surface area contributed by atoms with Crippen molar-refractivity contribution in [3.05, 3.63) is 66.2 Å². The van der Waals surface area contributed by atoms with Crippen molar-refractivity contribution in [1.82, 2.24) is 9.97 Å². The van der Waals surface area contributed by atoms with Crippen LogP contribution in [0.2, 0.25) is 0 Å². The van der Waals surface area contributed by atoms with E-state index in [0.29, 0.717) is 12.2 Å². The van der Waals surface area contributed by atoms with Crippen molar-refractivity contribution in [3.63, 3.8) is 0 Å². The third-order valence-electron chi connectivity index (χ3n) is 3.22. The van der Waals surface area contributed by atoms with Crippen LogP contribution in [0.15, 0.2) is 55.0 Å². The number of nitrogens with zero attached hydrogens (tertiary/aromatic N) is 2. The summed E-state index contributed by atoms with van der Waals surface area (Å²) in [6.45, 7) is 0.407. The third kappa shape index (κ3) is 2.73. The Morgan fingerprint density at radius 1 is 1.14 bits per heavy atom. The predicted octanol–water partition coefficient (Wildman–Crippen LogP) is 2.34. The van der Waals surface area contributed by atoms with E-state index >= 15 is 0 Å². The van der Waals surface area contributed by atoms with Crippen LogP contribution in [0.25, 0.3) is 10.8 Å². The monoisotopic (exact) mass is 278 g/mol. The molecular formula is C16H14N4O. The molecule has 104 valence electrons. The van der Waals surface area contributed by atoms with Gasteiger partial charge in [0.25, 0.3) is 5.91 Å². The van der Waals surface area contributed by atoms with E-state index in [2.05, 4.69) is 15.3 Å². The van der Waals surface area contributed by atoms with E-state index in [1.807, 2.05) is 24.3 Å². The summed E-state index contributed by atoms with van der Waals surface area (Å²) in [5, 5.41) is 4.78. The van der Waals surface area contributed by atoms with Gasteiger partial charge in [0.05, 0.1) is 5.69 Å². The summed E-state index contributed by atoms with van der Waals surface area (Å²) < 4.78 is 0. The van der Waals surface area contributed by atoms with E-state index < -0.39 is 0 Å². The topological polar surface area (TPSA) is 80.9 Å². The molecule has 5 nitrogen and oxygen atoms in total. The fourth-order valence-corrected chi connectivity index (χ4v) is 2.09. The Morgan fingerprint density at radius 3 is 2.81 bits per heavy atom. The quantitative estimate of drug-likeness (QED) is 0.770. The second kappa shape index (κ2) is 5.68. The van der Waals surface area contributed by atoms with Gasteiger partial charge in [0.1, 0.15) is 5.69 Å². The van der Waals surface area contributed by atoms with E-state index in [4.69, 9.17) is 5.73 Å². The number of rotatable bonds is 3. The van der Waals surface area contributed by atoms with Crippen LogP contribution in [-0.4, -0.2) is 15.9 Å². The van der Waals surface area contributed by atoms with Gasteiger partial charge in [0.15, 0.2) is 0 Å². The molecule has 0 fully saturated rings. The van der Waals surface area contributed by atoms with Crippen molar-refractivity contribution in [2.45, 2.75) is 6.54 Å². The van der Waals surface area contributed by atoms with Gasteiger partial charge in [-0.1, -0.05) is 18.2 Å². The second-order valence-corrected chi connectivity index (χ2v) is 4.61. The average Bonchev–Trinajstić information content (AvgIpc) is 2.55. The molecule has 2 heterocycles. The first-order chi connectivity index (χ1) is 10.3. The number of carbonyl (C=O) groups excluding carboxylic acids is 1. The number of aromatic nitrogens is 2. The molecule has 1 amide bonds. The first-order valence-corrected chi connectivity index (χ1v) is 6.57. The summed E-state index contributed by atoms with van der Waals surface area (Å²) in [6.07, 6.45) is 5.07. The van der Waals surface area contributed by atoms with Gasteiger partial charge in [-0.2, -0.15) is 0 Å². The zero-order chi connectivity index (χ0) is 14.7. The molecule has 3 rings (SSSR count). The molecule has 0 radical (unpaired) electrons. The number of nitrogens with one attached hydrogen (secondary N) is 1. The molecule has 0 aliphatic rings. The standard InChI is InChI=1S/C16H14N4O/c17-8-11-4-5-15(19-9-11)16(21)20-14-3-1-2-12-6-7-18-10-13(12)14/h1-7,9-10H,8,17H2,(H,20,21). The summed E-state index contributed by atoms with van der Waals surface area (Å²) >= 11 is 0. The molecule has 0 saturated carbocycles. The molecule has 21 heavy (non-hydrogen) atoms. The van der Waals surface area contributed by atoms with E-state index in [1.54, 1.807) is 30.7 Å². The molecule has 0 spiro atoms. The zero-order valence-electron chi connectivity index (χ0n) is 11.3. The van der Waals surface area contributed by atoms with Crippen LogP contribution in [0, 0.1) is 0 Å². The highest BCUT2D eigenvalue weighted by Crippen LogP contribution is 2.22. The maximum Gasteiger partial charge on any atom is 0.274 e. The lowest BCUT2D eigenvalue weighted by Gasteiger charge is -2.08. The Hall–Kier alpha value is -2.79. The SMILES string of the molecule is NCc1ccc(C(=O)Nc2cccc3ccncc23)nc1. The lowest BCUT2D eigenvalue weighted by atomic mass is 10.1. The van der Waals surface area contributed by atoms with E-state index in [0.717, 1.165) is 22.0 Å². The molecule has 0 aliphatic carbocycles. The Kier molecular flexibility index (Phi) is 3.57. The second-order valence-electron chi connectivity index (χ2n) is 4.61. The Morgan fingerprint density at radius 2 is 2.05 bits per heavy atom. The lowest BCUT2D eigenvalue weighted by molar-refractivity contribution is 0.102. The number of benzene rings is 1. The molecule has 3 aromatic rings. The number of hydrogen-bond donors (Lipinski definition) is 2. The van der Waals surface area contributed by atoms with E-state index in [1.165, 1.54) is 0 Å². The van der Waals surface area contributed by atoms with Gasteiger partial charge in [-0.3, -0.25) is 14.8 Å². The Bertz CT molecular complexity index is 778. The summed E-state index contributed by atoms with van der Waals surface area (Å²) in [6, 6.07) is 11.1. The molecule has 1 aromatic carbocycles. The van der Waals surface area contributed by atoms with Crippen molar-refractivity contribution in [2.24, 2.45) is 5.73 Å². The minimum atomic E-state index is -0.255. The lowest BCUT2D eigenvalue weighted by Crippen LogP contribution is -2.14. The Balaban J connectivity index is 1.89. The Labute approximate surface area is 121 Å². The van der Waals surface area contributed by atoms with Gasteiger partial charge in [-0.25, -0.2) is 0 Å². The largest absolute Gasteiger partial charge is 0.326 e. The summed E-state index contributed by atoms with van der Waals surface area (Å²) in [5.74, 6) is -0.255. The van der Waals surface area contributed by atoms with Crippen LogP contribution in [0.3, 0.4) is 0 Å². The molecule has 0 atom stereocenters. The number of amides is 1. The maximum atomic E-state index is 12.2. The van der Waals surface area contributed by atoms with Crippen LogP contribution in [0.4, 0.5) is 5.69 Å². The van der Waals surface area contributed by atoms with E-state index in [-0.39, 0.29) is 5.91 Å². The molecule has 0 bridgehead atoms. The maximum absolute atomic E-state index is 12.2. The van der Waals surface area contributed by atoms with Crippen LogP contribution < -0.4 is 11.1 Å². The summed E-state index contributed by atoms with van der Waals surface area (Å²) in [5.41, 5.74) is 7.48. The summed E-state index contributed by atoms with van der Waals surface area (Å²) in [4.78, 5) is 20.4. The van der Waals surface area contributed by atoms with Crippen molar-refractivity contribution < 1.29 is 4.79 Å². The molecule has 3 N–H and O–H groups in total. The van der Waals surface area contributed by atoms with Crippen LogP contribution in [0.5, 0.6) is 0 Å². The van der Waals surface area contributed by atoms with E-state index in [9.17, 15) is 4.79 Å². The van der Waals surface area contributed by atoms with Crippen molar-refractivity contribution >= 4 is 22.4 Å². The smallest absolute Gasteiger partial charge is 0.274 e. The molecule has 0 aliphatic heterocycles. The first kappa shape index (κ1) is 13.2. The number of pyridine rings is 2. The van der Waals surface area contributed by atoms with Crippen molar-refractivity contribution in [1.29, 1.82) is 0 Å². The van der Waals surface area contributed by atoms with Crippen molar-refractivity contribution in [3.8, 4) is 0 Å². The minimum Gasteiger partial charge on any atom is -0.326 e. The molecule has 2 aromatic heterocycles. The average molecular weight is 278 g/mol. The number of carbonyl (C=O) groups is 1. The molecule has 5 heteroatoms. The number of hydrogen-bond acceptors (Lipinski definition) is 4. The fourth-order valence-electron chi connectivity index (χ4n) is 2.09. The van der Waals surface area contributed by atoms with Gasteiger partial charge in [-0.15, -0.1) is 0 Å². The number of fused-ring (bicyclic) bond motifs is 1. The zero-order valence-corrected chi connectivity index (χ0v) is 11.3. The number of nitrogens with two attached hydrogens (primary N) is 1. The minimum absolute atomic E-state index is 0.255. The predicted molar refractivity (Wildman–Crippen MR) is 81.8 cm³/mol. The normalized spacial score (nSPS) is 10.5.